The van der Waals surface area contributed by atoms with Crippen molar-refractivity contribution in [2.75, 3.05) is 13.2 Å². The van der Waals surface area contributed by atoms with Gasteiger partial charge in [-0.1, -0.05) is 22.9 Å². The lowest BCUT2D eigenvalue weighted by Crippen LogP contribution is -2.50. The van der Waals surface area contributed by atoms with E-state index in [1.807, 2.05) is 12.1 Å². The van der Waals surface area contributed by atoms with E-state index in [9.17, 15) is 8.78 Å². The second kappa shape index (κ2) is 8.41. The van der Waals surface area contributed by atoms with Crippen LogP contribution in [0.5, 0.6) is 0 Å². The number of likely N-dealkylation sites (tertiary alicyclic amines) is 1. The first-order valence-electron chi connectivity index (χ1n) is 11.1. The Morgan fingerprint density at radius 2 is 2.21 bits per heavy atom. The molecule has 0 bridgehead atoms. The van der Waals surface area contributed by atoms with E-state index in [2.05, 4.69) is 43.4 Å². The predicted octanol–water partition coefficient (Wildman–Crippen LogP) is 3.60. The number of alkyl halides is 2. The van der Waals surface area contributed by atoms with E-state index in [1.54, 1.807) is 13.1 Å². The fourth-order valence-electron chi connectivity index (χ4n) is 4.97. The van der Waals surface area contributed by atoms with Crippen LogP contribution in [-0.2, 0) is 35.8 Å². The quantitative estimate of drug-likeness (QED) is 0.604. The van der Waals surface area contributed by atoms with Gasteiger partial charge in [0.05, 0.1) is 24.1 Å². The standard InChI is InChI=1S/C22H26ClF2N7O/c1-14-10-21(19-9-17(23)4-3-16(19)5-8-33-21)6-7-31(14)11-18-12-32(30-28-18)13-22(24,25)20-26-15(2)27-29-20/h3-4,9,12,14H,5-8,10-11,13H2,1-2H3,(H,26,27,29)/t14-,21+/m0/s1. The number of benzene rings is 1. The molecule has 4 heterocycles. The van der Waals surface area contributed by atoms with Gasteiger partial charge in [-0.3, -0.25) is 10.00 Å². The molecule has 2 aliphatic heterocycles. The van der Waals surface area contributed by atoms with Crippen LogP contribution in [0, 0.1) is 6.92 Å². The molecular formula is C22H26ClF2N7O. The van der Waals surface area contributed by atoms with Gasteiger partial charge in [0.15, 0.2) is 0 Å². The maximum Gasteiger partial charge on any atom is 0.327 e. The third-order valence-electron chi connectivity index (χ3n) is 6.60. The zero-order chi connectivity index (χ0) is 23.2. The lowest BCUT2D eigenvalue weighted by atomic mass is 9.77. The molecule has 2 aromatic heterocycles. The van der Waals surface area contributed by atoms with Crippen LogP contribution in [-0.4, -0.2) is 54.3 Å². The number of hydrogen-bond acceptors (Lipinski definition) is 6. The molecule has 11 heteroatoms. The number of aryl methyl sites for hydroxylation is 1. The average molecular weight is 478 g/mol. The fraction of sp³-hybridized carbons (Fsp3) is 0.545. The molecule has 1 fully saturated rings. The van der Waals surface area contributed by atoms with Gasteiger partial charge < -0.3 is 4.74 Å². The molecule has 3 aromatic rings. The summed E-state index contributed by atoms with van der Waals surface area (Å²) in [6, 6.07) is 6.30. The summed E-state index contributed by atoms with van der Waals surface area (Å²) in [4.78, 5) is 6.04. The number of ether oxygens (including phenoxy) is 1. The van der Waals surface area contributed by atoms with Gasteiger partial charge in [0.1, 0.15) is 12.4 Å². The van der Waals surface area contributed by atoms with Crippen molar-refractivity contribution in [2.24, 2.45) is 0 Å². The number of rotatable bonds is 5. The summed E-state index contributed by atoms with van der Waals surface area (Å²) in [6.07, 6.45) is 4.13. The molecule has 1 aromatic carbocycles. The van der Waals surface area contributed by atoms with Crippen molar-refractivity contribution in [3.8, 4) is 0 Å². The highest BCUT2D eigenvalue weighted by molar-refractivity contribution is 6.30. The first kappa shape index (κ1) is 22.4. The van der Waals surface area contributed by atoms with Crippen LogP contribution in [0.3, 0.4) is 0 Å². The Kier molecular flexibility index (Phi) is 5.70. The Morgan fingerprint density at radius 3 is 2.97 bits per heavy atom. The molecule has 1 spiro atoms. The molecule has 2 aliphatic rings. The minimum atomic E-state index is -3.24. The summed E-state index contributed by atoms with van der Waals surface area (Å²) in [5.41, 5.74) is 2.82. The van der Waals surface area contributed by atoms with Crippen LogP contribution in [0.25, 0.3) is 0 Å². The number of aromatic nitrogens is 6. The summed E-state index contributed by atoms with van der Waals surface area (Å²) in [6.45, 7) is 5.11. The zero-order valence-corrected chi connectivity index (χ0v) is 19.3. The number of nitrogens with one attached hydrogen (secondary N) is 1. The molecule has 1 saturated heterocycles. The predicted molar refractivity (Wildman–Crippen MR) is 117 cm³/mol. The van der Waals surface area contributed by atoms with E-state index >= 15 is 0 Å². The van der Waals surface area contributed by atoms with Gasteiger partial charge in [-0.25, -0.2) is 9.67 Å². The van der Waals surface area contributed by atoms with Gasteiger partial charge in [-0.15, -0.1) is 5.10 Å². The van der Waals surface area contributed by atoms with E-state index in [-0.39, 0.29) is 11.6 Å². The number of hydrogen-bond donors (Lipinski definition) is 1. The Hall–Kier alpha value is -2.43. The zero-order valence-electron chi connectivity index (χ0n) is 18.6. The maximum atomic E-state index is 14.5. The molecule has 1 N–H and O–H groups in total. The first-order valence-corrected chi connectivity index (χ1v) is 11.5. The van der Waals surface area contributed by atoms with E-state index in [0.29, 0.717) is 24.7 Å². The lowest BCUT2D eigenvalue weighted by Gasteiger charge is -2.48. The minimum Gasteiger partial charge on any atom is -0.370 e. The Balaban J connectivity index is 1.26. The van der Waals surface area contributed by atoms with Gasteiger partial charge in [0, 0.05) is 24.2 Å². The van der Waals surface area contributed by atoms with E-state index in [0.717, 1.165) is 35.5 Å². The lowest BCUT2D eigenvalue weighted by molar-refractivity contribution is -0.113. The van der Waals surface area contributed by atoms with Gasteiger partial charge in [0.2, 0.25) is 5.82 Å². The number of H-pyrrole nitrogens is 1. The molecule has 2 atom stereocenters. The smallest absolute Gasteiger partial charge is 0.327 e. The molecule has 0 radical (unpaired) electrons. The SMILES string of the molecule is Cc1nc(C(F)(F)Cn2cc(CN3CC[C@]4(C[C@@H]3C)OCCc3ccc(Cl)cc34)nn2)n[nH]1. The van der Waals surface area contributed by atoms with Crippen LogP contribution in [0.15, 0.2) is 24.4 Å². The normalized spacial score (nSPS) is 23.7. The molecule has 33 heavy (non-hydrogen) atoms. The van der Waals surface area contributed by atoms with E-state index < -0.39 is 18.3 Å². The summed E-state index contributed by atoms with van der Waals surface area (Å²) in [7, 11) is 0. The molecule has 0 amide bonds. The second-order valence-electron chi connectivity index (χ2n) is 9.02. The first-order chi connectivity index (χ1) is 15.7. The van der Waals surface area contributed by atoms with Crippen LogP contribution >= 0.6 is 11.6 Å². The Bertz CT molecular complexity index is 1150. The van der Waals surface area contributed by atoms with Crippen molar-refractivity contribution in [1.29, 1.82) is 0 Å². The molecule has 176 valence electrons. The largest absolute Gasteiger partial charge is 0.370 e. The van der Waals surface area contributed by atoms with Gasteiger partial charge in [0.25, 0.3) is 0 Å². The van der Waals surface area contributed by atoms with Crippen molar-refractivity contribution in [3.05, 3.63) is 57.9 Å². The van der Waals surface area contributed by atoms with Crippen molar-refractivity contribution < 1.29 is 13.5 Å². The van der Waals surface area contributed by atoms with Crippen molar-refractivity contribution in [1.82, 2.24) is 35.1 Å². The summed E-state index contributed by atoms with van der Waals surface area (Å²) in [5.74, 6) is -3.44. The fourth-order valence-corrected chi connectivity index (χ4v) is 5.14. The number of aromatic amines is 1. The number of nitrogens with zero attached hydrogens (tertiary/aromatic N) is 6. The monoisotopic (exact) mass is 477 g/mol. The van der Waals surface area contributed by atoms with Crippen LogP contribution < -0.4 is 0 Å². The Morgan fingerprint density at radius 1 is 1.36 bits per heavy atom. The summed E-state index contributed by atoms with van der Waals surface area (Å²) in [5, 5.41) is 14.8. The highest BCUT2D eigenvalue weighted by Crippen LogP contribution is 2.44. The highest BCUT2D eigenvalue weighted by atomic mass is 35.5. The van der Waals surface area contributed by atoms with Crippen molar-refractivity contribution in [2.45, 2.75) is 63.8 Å². The minimum absolute atomic E-state index is 0.214. The average Bonchev–Trinajstić information content (AvgIpc) is 3.40. The van der Waals surface area contributed by atoms with E-state index in [4.69, 9.17) is 16.3 Å². The highest BCUT2D eigenvalue weighted by Gasteiger charge is 2.44. The molecule has 0 saturated carbocycles. The Labute approximate surface area is 195 Å². The van der Waals surface area contributed by atoms with E-state index in [1.165, 1.54) is 11.1 Å². The van der Waals surface area contributed by atoms with Gasteiger partial charge in [-0.2, -0.15) is 13.9 Å². The second-order valence-corrected chi connectivity index (χ2v) is 9.46. The summed E-state index contributed by atoms with van der Waals surface area (Å²) < 4.78 is 36.4. The molecule has 8 nitrogen and oxygen atoms in total. The number of fused-ring (bicyclic) bond motifs is 2. The topological polar surface area (TPSA) is 84.8 Å². The van der Waals surface area contributed by atoms with Gasteiger partial charge >= 0.3 is 5.92 Å². The van der Waals surface area contributed by atoms with Crippen LogP contribution in [0.1, 0.15) is 48.2 Å². The number of halogens is 3. The summed E-state index contributed by atoms with van der Waals surface area (Å²) >= 11 is 6.29. The molecule has 5 rings (SSSR count). The van der Waals surface area contributed by atoms with Crippen molar-refractivity contribution >= 4 is 11.6 Å². The third kappa shape index (κ3) is 4.39. The molecule has 0 unspecified atom stereocenters. The maximum absolute atomic E-state index is 14.5. The molecular weight excluding hydrogens is 452 g/mol. The van der Waals surface area contributed by atoms with Crippen LogP contribution in [0.2, 0.25) is 5.02 Å². The van der Waals surface area contributed by atoms with Crippen molar-refractivity contribution in [3.63, 3.8) is 0 Å². The molecule has 0 aliphatic carbocycles. The number of piperidine rings is 1. The third-order valence-corrected chi connectivity index (χ3v) is 6.84. The van der Waals surface area contributed by atoms with Gasteiger partial charge in [-0.05, 0) is 56.4 Å². The van der Waals surface area contributed by atoms with Crippen LogP contribution in [0.4, 0.5) is 8.78 Å².